The molecule has 1 N–H and O–H groups in total. The molecule has 2 rings (SSSR count). The normalized spacial score (nSPS) is 12.4. The fourth-order valence-electron chi connectivity index (χ4n) is 1.82. The Balaban J connectivity index is 2.25. The Hall–Kier alpha value is -0.730. The van der Waals surface area contributed by atoms with Gasteiger partial charge >= 0.3 is 0 Å². The van der Waals surface area contributed by atoms with Gasteiger partial charge in [-0.3, -0.25) is 0 Å². The van der Waals surface area contributed by atoms with Crippen molar-refractivity contribution < 1.29 is 5.11 Å². The number of aliphatic hydroxyl groups excluding tert-OH is 1. The van der Waals surface area contributed by atoms with Crippen LogP contribution in [0.4, 0.5) is 0 Å². The van der Waals surface area contributed by atoms with E-state index >= 15 is 0 Å². The Morgan fingerprint density at radius 2 is 1.56 bits per heavy atom. The summed E-state index contributed by atoms with van der Waals surface area (Å²) in [5.74, 6) is 0. The number of aliphatic hydroxyl groups is 1. The van der Waals surface area contributed by atoms with Crippen LogP contribution in [-0.2, 0) is 6.42 Å². The fourth-order valence-corrected chi connectivity index (χ4v) is 2.68. The molecule has 0 amide bonds. The lowest BCUT2D eigenvalue weighted by atomic mass is 10.0. The van der Waals surface area contributed by atoms with Crippen LogP contribution in [0.5, 0.6) is 0 Å². The molecule has 4 heteroatoms. The van der Waals surface area contributed by atoms with Crippen molar-refractivity contribution in [3.8, 4) is 0 Å². The van der Waals surface area contributed by atoms with Crippen LogP contribution in [0, 0.1) is 0 Å². The van der Waals surface area contributed by atoms with E-state index in [1.165, 1.54) is 0 Å². The van der Waals surface area contributed by atoms with E-state index in [0.29, 0.717) is 27.1 Å². The molecule has 18 heavy (non-hydrogen) atoms. The molecule has 0 aromatic heterocycles. The van der Waals surface area contributed by atoms with Crippen LogP contribution in [0.25, 0.3) is 0 Å². The Bertz CT molecular complexity index is 534. The highest BCUT2D eigenvalue weighted by Crippen LogP contribution is 2.32. The van der Waals surface area contributed by atoms with Crippen molar-refractivity contribution >= 4 is 34.8 Å². The van der Waals surface area contributed by atoms with Crippen molar-refractivity contribution in [3.05, 3.63) is 68.7 Å². The topological polar surface area (TPSA) is 20.2 Å². The minimum Gasteiger partial charge on any atom is -0.388 e. The van der Waals surface area contributed by atoms with Gasteiger partial charge in [0.1, 0.15) is 0 Å². The summed E-state index contributed by atoms with van der Waals surface area (Å²) in [6.45, 7) is 0. The maximum absolute atomic E-state index is 10.2. The monoisotopic (exact) mass is 300 g/mol. The fraction of sp³-hybridized carbons (Fsp3) is 0.143. The molecule has 2 aromatic carbocycles. The summed E-state index contributed by atoms with van der Waals surface area (Å²) in [6.07, 6.45) is -0.325. The van der Waals surface area contributed by atoms with Gasteiger partial charge in [-0.1, -0.05) is 53.0 Å². The van der Waals surface area contributed by atoms with Crippen LogP contribution < -0.4 is 0 Å². The van der Waals surface area contributed by atoms with Crippen LogP contribution in [-0.4, -0.2) is 5.11 Å². The molecule has 0 aliphatic carbocycles. The first kappa shape index (κ1) is 13.7. The summed E-state index contributed by atoms with van der Waals surface area (Å²) >= 11 is 18.0. The average molecular weight is 302 g/mol. The Morgan fingerprint density at radius 1 is 0.944 bits per heavy atom. The third-order valence-corrected chi connectivity index (χ3v) is 3.55. The second-order valence-corrected chi connectivity index (χ2v) is 5.24. The second-order valence-electron chi connectivity index (χ2n) is 3.99. The third-order valence-electron chi connectivity index (χ3n) is 2.65. The van der Waals surface area contributed by atoms with E-state index in [4.69, 9.17) is 34.8 Å². The van der Waals surface area contributed by atoms with Gasteiger partial charge in [0.15, 0.2) is 0 Å². The van der Waals surface area contributed by atoms with Gasteiger partial charge in [0.2, 0.25) is 0 Å². The van der Waals surface area contributed by atoms with Gasteiger partial charge in [-0.15, -0.1) is 0 Å². The minimum absolute atomic E-state index is 0.421. The minimum atomic E-state index is -0.746. The molecular formula is C14H11Cl3O. The van der Waals surface area contributed by atoms with E-state index in [1.54, 1.807) is 24.3 Å². The Kier molecular flexibility index (Phi) is 4.52. The molecule has 0 fully saturated rings. The average Bonchev–Trinajstić information content (AvgIpc) is 2.28. The predicted molar refractivity (Wildman–Crippen MR) is 76.6 cm³/mol. The van der Waals surface area contributed by atoms with Crippen molar-refractivity contribution in [1.82, 2.24) is 0 Å². The molecule has 0 aliphatic heterocycles. The highest BCUT2D eigenvalue weighted by atomic mass is 35.5. The molecule has 1 atom stereocenters. The van der Waals surface area contributed by atoms with Gasteiger partial charge in [-0.25, -0.2) is 0 Å². The van der Waals surface area contributed by atoms with Crippen LogP contribution in [0.1, 0.15) is 17.2 Å². The number of hydrogen-bond acceptors (Lipinski definition) is 1. The molecule has 1 nitrogen and oxygen atoms in total. The van der Waals surface area contributed by atoms with Gasteiger partial charge in [-0.2, -0.15) is 0 Å². The Labute approximate surface area is 121 Å². The van der Waals surface area contributed by atoms with Gasteiger partial charge in [0, 0.05) is 27.1 Å². The zero-order valence-electron chi connectivity index (χ0n) is 9.41. The summed E-state index contributed by atoms with van der Waals surface area (Å²) < 4.78 is 0. The standard InChI is InChI=1S/C14H11Cl3O/c15-10-4-1-3-9(7-10)8-13(18)14-11(16)5-2-6-12(14)17/h1-7,13,18H,8H2. The van der Waals surface area contributed by atoms with Crippen LogP contribution in [0.3, 0.4) is 0 Å². The molecule has 0 saturated carbocycles. The lowest BCUT2D eigenvalue weighted by molar-refractivity contribution is 0.178. The zero-order valence-corrected chi connectivity index (χ0v) is 11.7. The highest BCUT2D eigenvalue weighted by molar-refractivity contribution is 6.36. The van der Waals surface area contributed by atoms with E-state index in [2.05, 4.69) is 0 Å². The van der Waals surface area contributed by atoms with Crippen LogP contribution in [0.15, 0.2) is 42.5 Å². The van der Waals surface area contributed by atoms with Crippen LogP contribution in [0.2, 0.25) is 15.1 Å². The van der Waals surface area contributed by atoms with Gasteiger partial charge in [0.25, 0.3) is 0 Å². The first-order valence-electron chi connectivity index (χ1n) is 5.44. The second kappa shape index (κ2) is 5.94. The molecule has 94 valence electrons. The molecule has 0 heterocycles. The molecule has 0 spiro atoms. The van der Waals surface area contributed by atoms with E-state index in [0.717, 1.165) is 5.56 Å². The SMILES string of the molecule is OC(Cc1cccc(Cl)c1)c1c(Cl)cccc1Cl. The summed E-state index contributed by atoms with van der Waals surface area (Å²) in [4.78, 5) is 0. The number of rotatable bonds is 3. The summed E-state index contributed by atoms with van der Waals surface area (Å²) in [5, 5.41) is 11.8. The molecule has 0 aliphatic rings. The van der Waals surface area contributed by atoms with Gasteiger partial charge in [-0.05, 0) is 29.8 Å². The first-order chi connectivity index (χ1) is 8.58. The van der Waals surface area contributed by atoms with Crippen LogP contribution >= 0.6 is 34.8 Å². The van der Waals surface area contributed by atoms with Crippen molar-refractivity contribution in [2.75, 3.05) is 0 Å². The summed E-state index contributed by atoms with van der Waals surface area (Å²) in [5.41, 5.74) is 1.49. The lowest BCUT2D eigenvalue weighted by Crippen LogP contribution is -2.03. The highest BCUT2D eigenvalue weighted by Gasteiger charge is 2.15. The first-order valence-corrected chi connectivity index (χ1v) is 6.57. The maximum Gasteiger partial charge on any atom is 0.0859 e. The third kappa shape index (κ3) is 3.18. The molecule has 0 radical (unpaired) electrons. The van der Waals surface area contributed by atoms with E-state index in [9.17, 15) is 5.11 Å². The molecule has 0 bridgehead atoms. The number of benzene rings is 2. The molecule has 2 aromatic rings. The van der Waals surface area contributed by atoms with E-state index < -0.39 is 6.10 Å². The van der Waals surface area contributed by atoms with Crippen molar-refractivity contribution in [3.63, 3.8) is 0 Å². The lowest BCUT2D eigenvalue weighted by Gasteiger charge is -2.14. The van der Waals surface area contributed by atoms with Gasteiger partial charge in [0.05, 0.1) is 6.10 Å². The summed E-state index contributed by atoms with van der Waals surface area (Å²) in [7, 11) is 0. The predicted octanol–water partition coefficient (Wildman–Crippen LogP) is 4.92. The van der Waals surface area contributed by atoms with Crippen molar-refractivity contribution in [1.29, 1.82) is 0 Å². The molecular weight excluding hydrogens is 291 g/mol. The Morgan fingerprint density at radius 3 is 2.17 bits per heavy atom. The maximum atomic E-state index is 10.2. The smallest absolute Gasteiger partial charge is 0.0859 e. The number of hydrogen-bond donors (Lipinski definition) is 1. The summed E-state index contributed by atoms with van der Waals surface area (Å²) in [6, 6.07) is 12.5. The van der Waals surface area contributed by atoms with Gasteiger partial charge < -0.3 is 5.11 Å². The van der Waals surface area contributed by atoms with E-state index in [-0.39, 0.29) is 0 Å². The molecule has 1 unspecified atom stereocenters. The quantitative estimate of drug-likeness (QED) is 0.853. The van der Waals surface area contributed by atoms with E-state index in [1.807, 2.05) is 18.2 Å². The molecule has 0 saturated heterocycles. The number of halogens is 3. The van der Waals surface area contributed by atoms with Crippen molar-refractivity contribution in [2.45, 2.75) is 12.5 Å². The zero-order chi connectivity index (χ0) is 13.1. The van der Waals surface area contributed by atoms with Crippen molar-refractivity contribution in [2.24, 2.45) is 0 Å². The largest absolute Gasteiger partial charge is 0.388 e.